The summed E-state index contributed by atoms with van der Waals surface area (Å²) in [4.78, 5) is 30.4. The Kier molecular flexibility index (Phi) is 7.27. The van der Waals surface area contributed by atoms with Crippen molar-refractivity contribution >= 4 is 17.9 Å². The molecule has 1 N–H and O–H groups in total. The number of halogens is 2. The number of nitrogens with zero attached hydrogens (tertiary/aromatic N) is 2. The number of carbonyl (C=O) groups excluding carboxylic acids is 2. The van der Waals surface area contributed by atoms with Crippen molar-refractivity contribution in [3.8, 4) is 0 Å². The van der Waals surface area contributed by atoms with E-state index in [4.69, 9.17) is 0 Å². The molecular weight excluding hydrogens is 364 g/mol. The van der Waals surface area contributed by atoms with Crippen molar-refractivity contribution in [2.45, 2.75) is 58.9 Å². The fourth-order valence-electron chi connectivity index (χ4n) is 3.59. The highest BCUT2D eigenvalue weighted by Crippen LogP contribution is 2.35. The third-order valence-electron chi connectivity index (χ3n) is 4.95. The van der Waals surface area contributed by atoms with Gasteiger partial charge in [0.2, 0.25) is 5.91 Å². The minimum absolute atomic E-state index is 0.0691. The van der Waals surface area contributed by atoms with Crippen LogP contribution < -0.4 is 5.32 Å². The number of hydrogen-bond acceptors (Lipinski definition) is 3. The molecule has 1 atom stereocenters. The molecular formula is C21H29F2N3O2. The lowest BCUT2D eigenvalue weighted by Crippen LogP contribution is -2.44. The highest BCUT2D eigenvalue weighted by Gasteiger charge is 2.47. The summed E-state index contributed by atoms with van der Waals surface area (Å²) < 4.78 is 27.4. The van der Waals surface area contributed by atoms with Crippen LogP contribution >= 0.6 is 0 Å². The van der Waals surface area contributed by atoms with Gasteiger partial charge in [0, 0.05) is 35.5 Å². The summed E-state index contributed by atoms with van der Waals surface area (Å²) in [6.45, 7) is 6.76. The average Bonchev–Trinajstić information content (AvgIpc) is 3.03. The summed E-state index contributed by atoms with van der Waals surface area (Å²) >= 11 is 0. The van der Waals surface area contributed by atoms with Gasteiger partial charge in [0.25, 0.3) is 11.8 Å². The second kappa shape index (κ2) is 9.26. The fraction of sp³-hybridized carbons (Fsp3) is 0.571. The number of carbonyl (C=O) groups is 2. The second-order valence-corrected chi connectivity index (χ2v) is 7.24. The third-order valence-corrected chi connectivity index (χ3v) is 4.95. The standard InChI is InChI=1S/C19H23F2N3O2.C2H6/c1-12(2)16-9-19(20,21)11-24(16)17(25)10-23-18(26)14-7-8-22-15-6-4-3-5-13(14)15;1-2/h3,5,7-8,12,16H,4,6,9-11H2,1-2H3,(H,23,26);1-2H3. The van der Waals surface area contributed by atoms with Gasteiger partial charge >= 0.3 is 0 Å². The monoisotopic (exact) mass is 393 g/mol. The molecule has 1 aromatic heterocycles. The smallest absolute Gasteiger partial charge is 0.267 e. The van der Waals surface area contributed by atoms with Crippen molar-refractivity contribution in [1.82, 2.24) is 15.2 Å². The zero-order valence-electron chi connectivity index (χ0n) is 17.0. The summed E-state index contributed by atoms with van der Waals surface area (Å²) in [6.07, 6.45) is 6.73. The lowest BCUT2D eigenvalue weighted by atomic mass is 9.98. The van der Waals surface area contributed by atoms with Crippen molar-refractivity contribution in [2.75, 3.05) is 13.1 Å². The largest absolute Gasteiger partial charge is 0.343 e. The van der Waals surface area contributed by atoms with Crippen LogP contribution in [0.3, 0.4) is 0 Å². The minimum atomic E-state index is -2.87. The molecule has 3 rings (SSSR count). The Hall–Kier alpha value is -2.31. The summed E-state index contributed by atoms with van der Waals surface area (Å²) in [5.41, 5.74) is 2.06. The first-order valence-corrected chi connectivity index (χ1v) is 9.88. The van der Waals surface area contributed by atoms with E-state index in [0.717, 1.165) is 24.1 Å². The molecule has 154 valence electrons. The van der Waals surface area contributed by atoms with Gasteiger partial charge in [0.05, 0.1) is 13.1 Å². The van der Waals surface area contributed by atoms with E-state index in [-0.39, 0.29) is 18.9 Å². The number of amides is 2. The Bertz CT molecular complexity index is 747. The van der Waals surface area contributed by atoms with Gasteiger partial charge < -0.3 is 10.2 Å². The van der Waals surface area contributed by atoms with Crippen molar-refractivity contribution < 1.29 is 18.4 Å². The van der Waals surface area contributed by atoms with Gasteiger partial charge in [-0.05, 0) is 24.8 Å². The summed E-state index contributed by atoms with van der Waals surface area (Å²) in [6, 6.07) is 1.10. The first-order chi connectivity index (χ1) is 13.3. The van der Waals surface area contributed by atoms with Crippen LogP contribution in [-0.2, 0) is 11.2 Å². The number of alkyl halides is 2. The highest BCUT2D eigenvalue weighted by molar-refractivity contribution is 5.99. The van der Waals surface area contributed by atoms with Gasteiger partial charge in [-0.3, -0.25) is 14.6 Å². The first-order valence-electron chi connectivity index (χ1n) is 9.88. The lowest BCUT2D eigenvalue weighted by Gasteiger charge is -2.27. The van der Waals surface area contributed by atoms with E-state index < -0.39 is 30.3 Å². The van der Waals surface area contributed by atoms with Crippen LogP contribution in [0.25, 0.3) is 6.08 Å². The number of aryl methyl sites for hydroxylation is 1. The first kappa shape index (κ1) is 22.0. The fourth-order valence-corrected chi connectivity index (χ4v) is 3.59. The van der Waals surface area contributed by atoms with Crippen LogP contribution in [0.1, 0.15) is 62.2 Å². The molecule has 1 aliphatic carbocycles. The van der Waals surface area contributed by atoms with Gasteiger partial charge in [-0.25, -0.2) is 8.78 Å². The third kappa shape index (κ3) is 4.94. The zero-order valence-corrected chi connectivity index (χ0v) is 17.0. The van der Waals surface area contributed by atoms with Crippen LogP contribution in [0.2, 0.25) is 0 Å². The van der Waals surface area contributed by atoms with Crippen LogP contribution in [-0.4, -0.2) is 46.8 Å². The SMILES string of the molecule is CC.CC(C)C1CC(F)(F)CN1C(=O)CNC(=O)c1ccnc2c1C=CCC2. The zero-order chi connectivity index (χ0) is 20.9. The van der Waals surface area contributed by atoms with Crippen LogP contribution in [0.15, 0.2) is 18.3 Å². The number of allylic oxidation sites excluding steroid dienone is 1. The van der Waals surface area contributed by atoms with Crippen molar-refractivity contribution in [3.63, 3.8) is 0 Å². The Morgan fingerprint density at radius 2 is 2.07 bits per heavy atom. The van der Waals surface area contributed by atoms with E-state index in [1.165, 1.54) is 4.90 Å². The molecule has 0 spiro atoms. The number of nitrogens with one attached hydrogen (secondary N) is 1. The maximum atomic E-state index is 13.7. The van der Waals surface area contributed by atoms with E-state index in [9.17, 15) is 18.4 Å². The summed E-state index contributed by atoms with van der Waals surface area (Å²) in [5, 5.41) is 2.58. The Morgan fingerprint density at radius 3 is 2.75 bits per heavy atom. The molecule has 1 unspecified atom stereocenters. The maximum Gasteiger partial charge on any atom is 0.267 e. The van der Waals surface area contributed by atoms with Crippen molar-refractivity contribution in [2.24, 2.45) is 5.92 Å². The predicted molar refractivity (Wildman–Crippen MR) is 105 cm³/mol. The summed E-state index contributed by atoms with van der Waals surface area (Å²) in [7, 11) is 0. The Labute approximate surface area is 165 Å². The molecule has 0 saturated carbocycles. The van der Waals surface area contributed by atoms with Crippen molar-refractivity contribution in [3.05, 3.63) is 35.2 Å². The van der Waals surface area contributed by atoms with E-state index in [1.807, 2.05) is 39.8 Å². The van der Waals surface area contributed by atoms with E-state index in [1.54, 1.807) is 12.3 Å². The van der Waals surface area contributed by atoms with E-state index in [0.29, 0.717) is 5.56 Å². The molecule has 2 heterocycles. The number of likely N-dealkylation sites (tertiary alicyclic amines) is 1. The molecule has 2 amide bonds. The van der Waals surface area contributed by atoms with Gasteiger partial charge in [0.1, 0.15) is 0 Å². The van der Waals surface area contributed by atoms with Crippen LogP contribution in [0.4, 0.5) is 8.78 Å². The van der Waals surface area contributed by atoms with Crippen LogP contribution in [0, 0.1) is 5.92 Å². The van der Waals surface area contributed by atoms with E-state index in [2.05, 4.69) is 10.3 Å². The normalized spacial score (nSPS) is 19.7. The number of pyridine rings is 1. The Balaban J connectivity index is 0.00000136. The molecule has 0 bridgehead atoms. The number of hydrogen-bond donors (Lipinski definition) is 1. The second-order valence-electron chi connectivity index (χ2n) is 7.24. The van der Waals surface area contributed by atoms with Gasteiger partial charge in [0.15, 0.2) is 0 Å². The summed E-state index contributed by atoms with van der Waals surface area (Å²) in [5.74, 6) is -3.81. The van der Waals surface area contributed by atoms with Crippen molar-refractivity contribution in [1.29, 1.82) is 0 Å². The quantitative estimate of drug-likeness (QED) is 0.849. The molecule has 1 saturated heterocycles. The average molecular weight is 393 g/mol. The molecule has 5 nitrogen and oxygen atoms in total. The van der Waals surface area contributed by atoms with Gasteiger partial charge in [-0.1, -0.05) is 39.8 Å². The van der Waals surface area contributed by atoms with Gasteiger partial charge in [-0.15, -0.1) is 0 Å². The predicted octanol–water partition coefficient (Wildman–Crippen LogP) is 3.69. The van der Waals surface area contributed by atoms with Crippen LogP contribution in [0.5, 0.6) is 0 Å². The van der Waals surface area contributed by atoms with Gasteiger partial charge in [-0.2, -0.15) is 0 Å². The number of fused-ring (bicyclic) bond motifs is 1. The Morgan fingerprint density at radius 1 is 1.36 bits per heavy atom. The molecule has 28 heavy (non-hydrogen) atoms. The number of aromatic nitrogens is 1. The molecule has 7 heteroatoms. The topological polar surface area (TPSA) is 62.3 Å². The molecule has 1 aliphatic heterocycles. The van der Waals surface area contributed by atoms with E-state index >= 15 is 0 Å². The lowest BCUT2D eigenvalue weighted by molar-refractivity contribution is -0.132. The number of rotatable bonds is 4. The molecule has 0 aromatic carbocycles. The molecule has 1 aromatic rings. The maximum absolute atomic E-state index is 13.7. The minimum Gasteiger partial charge on any atom is -0.343 e. The highest BCUT2D eigenvalue weighted by atomic mass is 19.3. The molecule has 1 fully saturated rings. The molecule has 2 aliphatic rings. The molecule has 0 radical (unpaired) electrons.